The Kier molecular flexibility index (Phi) is 5.67. The minimum absolute atomic E-state index is 0.0826. The summed E-state index contributed by atoms with van der Waals surface area (Å²) in [5.74, 6) is -0.409. The van der Waals surface area contributed by atoms with Gasteiger partial charge < -0.3 is 25.6 Å². The lowest BCUT2D eigenvalue weighted by molar-refractivity contribution is 0.281. The summed E-state index contributed by atoms with van der Waals surface area (Å²) in [7, 11) is 0. The van der Waals surface area contributed by atoms with Crippen LogP contribution in [0.4, 0.5) is 15.8 Å². The Hall–Kier alpha value is -1.53. The fourth-order valence-electron chi connectivity index (χ4n) is 1.69. The topological polar surface area (TPSA) is 79.0 Å². The van der Waals surface area contributed by atoms with Gasteiger partial charge in [-0.15, -0.1) is 0 Å². The van der Waals surface area contributed by atoms with Gasteiger partial charge in [0.15, 0.2) is 11.6 Å². The van der Waals surface area contributed by atoms with Gasteiger partial charge in [-0.05, 0) is 6.92 Å². The molecule has 0 aliphatic carbocycles. The van der Waals surface area contributed by atoms with Gasteiger partial charge in [-0.2, -0.15) is 0 Å². The first-order chi connectivity index (χ1) is 8.63. The summed E-state index contributed by atoms with van der Waals surface area (Å²) in [5.41, 5.74) is 6.54. The summed E-state index contributed by atoms with van der Waals surface area (Å²) in [6.07, 6.45) is 0. The Balaban J connectivity index is 3.07. The fourth-order valence-corrected chi connectivity index (χ4v) is 1.69. The van der Waals surface area contributed by atoms with Crippen molar-refractivity contribution in [2.24, 2.45) is 0 Å². The third kappa shape index (κ3) is 3.48. The highest BCUT2D eigenvalue weighted by Crippen LogP contribution is 2.30. The number of anilines is 2. The molecule has 0 amide bonds. The Morgan fingerprint density at radius 1 is 1.28 bits per heavy atom. The number of nitrogens with zero attached hydrogens (tertiary/aromatic N) is 1. The second kappa shape index (κ2) is 7.03. The minimum atomic E-state index is -0.522. The SMILES string of the molecule is CCOc1cc(N(CCO)CCO)c(N)cc1F. The highest BCUT2D eigenvalue weighted by molar-refractivity contribution is 5.70. The first kappa shape index (κ1) is 14.5. The van der Waals surface area contributed by atoms with Gasteiger partial charge in [0.05, 0.1) is 31.2 Å². The molecule has 1 aromatic rings. The molecule has 6 heteroatoms. The van der Waals surface area contributed by atoms with Crippen LogP contribution in [-0.4, -0.2) is 43.1 Å². The first-order valence-electron chi connectivity index (χ1n) is 5.82. The molecule has 1 aromatic carbocycles. The molecule has 102 valence electrons. The van der Waals surface area contributed by atoms with Crippen molar-refractivity contribution in [1.29, 1.82) is 0 Å². The van der Waals surface area contributed by atoms with Gasteiger partial charge in [-0.1, -0.05) is 0 Å². The van der Waals surface area contributed by atoms with E-state index >= 15 is 0 Å². The zero-order valence-corrected chi connectivity index (χ0v) is 10.4. The molecular weight excluding hydrogens is 239 g/mol. The molecule has 0 atom stereocenters. The van der Waals surface area contributed by atoms with E-state index < -0.39 is 5.82 Å². The minimum Gasteiger partial charge on any atom is -0.491 e. The third-order valence-electron chi connectivity index (χ3n) is 2.46. The molecule has 0 aromatic heterocycles. The maximum atomic E-state index is 13.5. The predicted octanol–water partition coefficient (Wildman–Crippen LogP) is 0.598. The summed E-state index contributed by atoms with van der Waals surface area (Å²) >= 11 is 0. The fraction of sp³-hybridized carbons (Fsp3) is 0.500. The quantitative estimate of drug-likeness (QED) is 0.624. The number of ether oxygens (including phenoxy) is 1. The maximum absolute atomic E-state index is 13.5. The van der Waals surface area contributed by atoms with Crippen molar-refractivity contribution in [1.82, 2.24) is 0 Å². The van der Waals surface area contributed by atoms with Gasteiger partial charge in [0.25, 0.3) is 0 Å². The number of aliphatic hydroxyl groups is 2. The molecule has 0 spiro atoms. The van der Waals surface area contributed by atoms with Crippen molar-refractivity contribution in [2.45, 2.75) is 6.92 Å². The summed E-state index contributed by atoms with van der Waals surface area (Å²) in [4.78, 5) is 1.68. The number of nitrogen functional groups attached to an aromatic ring is 1. The number of aliphatic hydroxyl groups excluding tert-OH is 2. The van der Waals surface area contributed by atoms with Crippen molar-refractivity contribution in [3.05, 3.63) is 17.9 Å². The van der Waals surface area contributed by atoms with Crippen LogP contribution in [0.5, 0.6) is 5.75 Å². The van der Waals surface area contributed by atoms with Crippen molar-refractivity contribution < 1.29 is 19.3 Å². The van der Waals surface area contributed by atoms with Crippen LogP contribution in [0.15, 0.2) is 12.1 Å². The Morgan fingerprint density at radius 2 is 1.89 bits per heavy atom. The summed E-state index contributed by atoms with van der Waals surface area (Å²) in [6.45, 7) is 2.56. The molecular formula is C12H19FN2O3. The number of rotatable bonds is 7. The lowest BCUT2D eigenvalue weighted by Gasteiger charge is -2.25. The van der Waals surface area contributed by atoms with E-state index in [9.17, 15) is 4.39 Å². The molecule has 4 N–H and O–H groups in total. The van der Waals surface area contributed by atoms with Gasteiger partial charge in [-0.25, -0.2) is 4.39 Å². The lowest BCUT2D eigenvalue weighted by atomic mass is 10.2. The number of hydrogen-bond acceptors (Lipinski definition) is 5. The average Bonchev–Trinajstić information content (AvgIpc) is 2.33. The largest absolute Gasteiger partial charge is 0.491 e. The molecule has 0 radical (unpaired) electrons. The summed E-state index contributed by atoms with van der Waals surface area (Å²) in [6, 6.07) is 2.67. The van der Waals surface area contributed by atoms with E-state index in [0.717, 1.165) is 0 Å². The molecule has 0 aliphatic heterocycles. The van der Waals surface area contributed by atoms with Crippen LogP contribution in [-0.2, 0) is 0 Å². The van der Waals surface area contributed by atoms with E-state index in [0.29, 0.717) is 25.4 Å². The van der Waals surface area contributed by atoms with Crippen LogP contribution in [0, 0.1) is 5.82 Å². The summed E-state index contributed by atoms with van der Waals surface area (Å²) in [5, 5.41) is 17.9. The van der Waals surface area contributed by atoms with Crippen LogP contribution in [0.3, 0.4) is 0 Å². The smallest absolute Gasteiger partial charge is 0.167 e. The highest BCUT2D eigenvalue weighted by Gasteiger charge is 2.14. The lowest BCUT2D eigenvalue weighted by Crippen LogP contribution is -2.30. The van der Waals surface area contributed by atoms with E-state index in [1.807, 2.05) is 0 Å². The molecule has 0 unspecified atom stereocenters. The van der Waals surface area contributed by atoms with Gasteiger partial charge in [0.2, 0.25) is 0 Å². The monoisotopic (exact) mass is 258 g/mol. The second-order valence-electron chi connectivity index (χ2n) is 3.71. The van der Waals surface area contributed by atoms with Crippen LogP contribution < -0.4 is 15.4 Å². The zero-order chi connectivity index (χ0) is 13.5. The van der Waals surface area contributed by atoms with Crippen LogP contribution in [0.1, 0.15) is 6.92 Å². The number of halogens is 1. The molecule has 1 rings (SSSR count). The van der Waals surface area contributed by atoms with Crippen molar-refractivity contribution in [2.75, 3.05) is 43.5 Å². The Labute approximate surface area is 106 Å². The van der Waals surface area contributed by atoms with Crippen molar-refractivity contribution >= 4 is 11.4 Å². The van der Waals surface area contributed by atoms with Crippen LogP contribution in [0.2, 0.25) is 0 Å². The van der Waals surface area contributed by atoms with E-state index in [1.54, 1.807) is 11.8 Å². The molecule has 0 heterocycles. The number of nitrogens with two attached hydrogens (primary N) is 1. The van der Waals surface area contributed by atoms with Crippen LogP contribution >= 0.6 is 0 Å². The van der Waals surface area contributed by atoms with E-state index in [-0.39, 0.29) is 24.7 Å². The van der Waals surface area contributed by atoms with Gasteiger partial charge in [-0.3, -0.25) is 0 Å². The predicted molar refractivity (Wildman–Crippen MR) is 68.4 cm³/mol. The molecule has 5 nitrogen and oxygen atoms in total. The average molecular weight is 258 g/mol. The summed E-state index contributed by atoms with van der Waals surface area (Å²) < 4.78 is 18.7. The van der Waals surface area contributed by atoms with Crippen LogP contribution in [0.25, 0.3) is 0 Å². The Morgan fingerprint density at radius 3 is 2.39 bits per heavy atom. The third-order valence-corrected chi connectivity index (χ3v) is 2.46. The first-order valence-corrected chi connectivity index (χ1v) is 5.82. The molecule has 0 bridgehead atoms. The van der Waals surface area contributed by atoms with E-state index in [1.165, 1.54) is 12.1 Å². The van der Waals surface area contributed by atoms with Gasteiger partial charge in [0, 0.05) is 25.2 Å². The van der Waals surface area contributed by atoms with Gasteiger partial charge >= 0.3 is 0 Å². The Bertz CT molecular complexity index is 382. The molecule has 0 saturated carbocycles. The normalized spacial score (nSPS) is 10.4. The second-order valence-corrected chi connectivity index (χ2v) is 3.71. The molecule has 0 saturated heterocycles. The number of benzene rings is 1. The van der Waals surface area contributed by atoms with E-state index in [2.05, 4.69) is 0 Å². The molecule has 0 fully saturated rings. The van der Waals surface area contributed by atoms with Gasteiger partial charge in [0.1, 0.15) is 0 Å². The van der Waals surface area contributed by atoms with Crippen molar-refractivity contribution in [3.8, 4) is 5.75 Å². The highest BCUT2D eigenvalue weighted by atomic mass is 19.1. The van der Waals surface area contributed by atoms with Crippen molar-refractivity contribution in [3.63, 3.8) is 0 Å². The van der Waals surface area contributed by atoms with E-state index in [4.69, 9.17) is 20.7 Å². The zero-order valence-electron chi connectivity index (χ0n) is 10.4. The number of hydrogen-bond donors (Lipinski definition) is 3. The maximum Gasteiger partial charge on any atom is 0.167 e. The molecule has 18 heavy (non-hydrogen) atoms. The standard InChI is InChI=1S/C12H19FN2O3/c1-2-18-12-8-11(10(14)7-9(12)13)15(3-5-16)4-6-17/h7-8,16-17H,2-6,14H2,1H3. The molecule has 0 aliphatic rings.